The lowest BCUT2D eigenvalue weighted by Gasteiger charge is -2.16. The zero-order chi connectivity index (χ0) is 8.48. The molecule has 0 spiro atoms. The first-order valence-corrected chi connectivity index (χ1v) is 3.29. The first-order valence-electron chi connectivity index (χ1n) is 3.79. The van der Waals surface area contributed by atoms with E-state index in [0.717, 1.165) is 5.56 Å². The summed E-state index contributed by atoms with van der Waals surface area (Å²) in [5, 5.41) is 7.36. The second-order valence-electron chi connectivity index (χ2n) is 3.30. The third kappa shape index (κ3) is 1.53. The maximum absolute atomic E-state index is 7.52. The zero-order valence-corrected chi connectivity index (χ0v) is 6.55. The van der Waals surface area contributed by atoms with Crippen molar-refractivity contribution in [3.63, 3.8) is 0 Å². The topological polar surface area (TPSA) is 25.8 Å². The highest BCUT2D eigenvalue weighted by atomic mass is 15.1. The van der Waals surface area contributed by atoms with Crippen LogP contribution in [0.25, 0.3) is 0 Å². The van der Waals surface area contributed by atoms with E-state index >= 15 is 0 Å². The van der Waals surface area contributed by atoms with E-state index in [4.69, 9.17) is 1.37 Å². The molecule has 1 heterocycles. The van der Waals surface area contributed by atoms with Crippen LogP contribution >= 0.6 is 0 Å². The van der Waals surface area contributed by atoms with E-state index in [1.54, 1.807) is 6.20 Å². The Balaban J connectivity index is 3.14. The quantitative estimate of drug-likeness (QED) is 0.544. The van der Waals surface area contributed by atoms with Crippen LogP contribution in [0.3, 0.4) is 0 Å². The van der Waals surface area contributed by atoms with Gasteiger partial charge in [-0.25, -0.2) is 0 Å². The van der Waals surface area contributed by atoms with Crippen molar-refractivity contribution >= 4 is 0 Å². The standard InChI is InChI=1S/C8H12N2/c1-8(2,3)7-4-5-9-10-6-7/h4-6H,1-3H3/i4D. The van der Waals surface area contributed by atoms with Crippen LogP contribution in [0, 0.1) is 0 Å². The van der Waals surface area contributed by atoms with Gasteiger partial charge in [-0.15, -0.1) is 0 Å². The van der Waals surface area contributed by atoms with Crippen molar-refractivity contribution in [1.29, 1.82) is 0 Å². The van der Waals surface area contributed by atoms with E-state index < -0.39 is 0 Å². The van der Waals surface area contributed by atoms with E-state index in [1.165, 1.54) is 6.20 Å². The van der Waals surface area contributed by atoms with Crippen molar-refractivity contribution in [3.8, 4) is 0 Å². The summed E-state index contributed by atoms with van der Waals surface area (Å²) in [6, 6.07) is 0.465. The van der Waals surface area contributed by atoms with Gasteiger partial charge in [-0.3, -0.25) is 0 Å². The highest BCUT2D eigenvalue weighted by Crippen LogP contribution is 2.19. The molecule has 0 aliphatic heterocycles. The first-order chi connectivity index (χ1) is 5.02. The lowest BCUT2D eigenvalue weighted by atomic mass is 9.89. The summed E-state index contributed by atoms with van der Waals surface area (Å²) < 4.78 is 7.52. The smallest absolute Gasteiger partial charge is 0.0643 e. The van der Waals surface area contributed by atoms with Crippen molar-refractivity contribution in [2.75, 3.05) is 0 Å². The van der Waals surface area contributed by atoms with E-state index in [-0.39, 0.29) is 5.41 Å². The number of rotatable bonds is 0. The van der Waals surface area contributed by atoms with Crippen LogP contribution in [-0.2, 0) is 5.41 Å². The van der Waals surface area contributed by atoms with Gasteiger partial charge in [0.15, 0.2) is 0 Å². The fraction of sp³-hybridized carbons (Fsp3) is 0.500. The van der Waals surface area contributed by atoms with Gasteiger partial charge in [-0.05, 0) is 17.0 Å². The monoisotopic (exact) mass is 137 g/mol. The molecular formula is C8H12N2. The van der Waals surface area contributed by atoms with Gasteiger partial charge in [0.2, 0.25) is 0 Å². The Kier molecular flexibility index (Phi) is 1.38. The highest BCUT2D eigenvalue weighted by Gasteiger charge is 2.12. The maximum Gasteiger partial charge on any atom is 0.0643 e. The minimum Gasteiger partial charge on any atom is -0.159 e. The van der Waals surface area contributed by atoms with Crippen molar-refractivity contribution < 1.29 is 1.37 Å². The number of aromatic nitrogens is 2. The summed E-state index contributed by atoms with van der Waals surface area (Å²) in [5.74, 6) is 0. The molecule has 2 heteroatoms. The normalized spacial score (nSPS) is 12.9. The largest absolute Gasteiger partial charge is 0.159 e. The van der Waals surface area contributed by atoms with E-state index in [1.807, 2.05) is 0 Å². The molecule has 0 aliphatic carbocycles. The Labute approximate surface area is 62.7 Å². The van der Waals surface area contributed by atoms with E-state index in [9.17, 15) is 0 Å². The van der Waals surface area contributed by atoms with Crippen LogP contribution in [0.5, 0.6) is 0 Å². The molecule has 1 aromatic rings. The summed E-state index contributed by atoms with van der Waals surface area (Å²) >= 11 is 0. The molecule has 0 radical (unpaired) electrons. The van der Waals surface area contributed by atoms with Crippen molar-refractivity contribution in [3.05, 3.63) is 24.0 Å². The van der Waals surface area contributed by atoms with E-state index in [0.29, 0.717) is 6.04 Å². The average molecular weight is 137 g/mol. The third-order valence-electron chi connectivity index (χ3n) is 1.34. The molecule has 1 aromatic heterocycles. The molecule has 10 heavy (non-hydrogen) atoms. The van der Waals surface area contributed by atoms with Gasteiger partial charge in [-0.1, -0.05) is 20.8 Å². The predicted octanol–water partition coefficient (Wildman–Crippen LogP) is 1.77. The molecule has 0 N–H and O–H groups in total. The second-order valence-corrected chi connectivity index (χ2v) is 3.30. The fourth-order valence-electron chi connectivity index (χ4n) is 0.670. The molecule has 54 valence electrons. The highest BCUT2D eigenvalue weighted by molar-refractivity contribution is 5.15. The fourth-order valence-corrected chi connectivity index (χ4v) is 0.670. The van der Waals surface area contributed by atoms with Gasteiger partial charge in [0.05, 0.1) is 7.57 Å². The van der Waals surface area contributed by atoms with Gasteiger partial charge in [-0.2, -0.15) is 10.2 Å². The van der Waals surface area contributed by atoms with Crippen molar-refractivity contribution in [2.45, 2.75) is 26.2 Å². The summed E-state index contributed by atoms with van der Waals surface area (Å²) in [4.78, 5) is 0. The van der Waals surface area contributed by atoms with Gasteiger partial charge in [0, 0.05) is 6.20 Å². The molecule has 0 unspecified atom stereocenters. The molecule has 1 rings (SSSR count). The van der Waals surface area contributed by atoms with Crippen LogP contribution in [-0.4, -0.2) is 10.2 Å². The molecule has 0 bridgehead atoms. The molecule has 0 amide bonds. The minimum absolute atomic E-state index is 0.00692. The minimum atomic E-state index is -0.00692. The molecule has 0 fully saturated rings. The summed E-state index contributed by atoms with van der Waals surface area (Å²) in [5.41, 5.74) is 0.931. The number of nitrogens with zero attached hydrogens (tertiary/aromatic N) is 2. The Morgan fingerprint density at radius 1 is 1.40 bits per heavy atom. The zero-order valence-electron chi connectivity index (χ0n) is 7.55. The van der Waals surface area contributed by atoms with E-state index in [2.05, 4.69) is 31.0 Å². The van der Waals surface area contributed by atoms with Gasteiger partial charge in [0.1, 0.15) is 0 Å². The average Bonchev–Trinajstić information content (AvgIpc) is 1.86. The van der Waals surface area contributed by atoms with Crippen LogP contribution in [0.1, 0.15) is 27.7 Å². The van der Waals surface area contributed by atoms with Crippen molar-refractivity contribution in [1.82, 2.24) is 10.2 Å². The van der Waals surface area contributed by atoms with Crippen LogP contribution in [0.4, 0.5) is 0 Å². The number of hydrogen-bond acceptors (Lipinski definition) is 2. The molecule has 0 saturated carbocycles. The molecule has 0 atom stereocenters. The molecule has 0 aliphatic rings. The van der Waals surface area contributed by atoms with Gasteiger partial charge < -0.3 is 0 Å². The maximum atomic E-state index is 7.52. The number of hydrogen-bond donors (Lipinski definition) is 0. The SMILES string of the molecule is [2H]c1cnncc1C(C)(C)C. The van der Waals surface area contributed by atoms with Crippen LogP contribution in [0.2, 0.25) is 0 Å². The molecule has 0 saturated heterocycles. The van der Waals surface area contributed by atoms with Gasteiger partial charge in [0.25, 0.3) is 0 Å². The predicted molar refractivity (Wildman–Crippen MR) is 40.7 cm³/mol. The Hall–Kier alpha value is -0.920. The van der Waals surface area contributed by atoms with Crippen LogP contribution in [0.15, 0.2) is 18.4 Å². The Morgan fingerprint density at radius 3 is 2.50 bits per heavy atom. The second kappa shape index (κ2) is 2.37. The van der Waals surface area contributed by atoms with Crippen molar-refractivity contribution in [2.24, 2.45) is 0 Å². The van der Waals surface area contributed by atoms with Gasteiger partial charge >= 0.3 is 0 Å². The summed E-state index contributed by atoms with van der Waals surface area (Å²) in [6.45, 7) is 6.17. The molecule has 0 aromatic carbocycles. The summed E-state index contributed by atoms with van der Waals surface area (Å²) in [6.07, 6.45) is 3.13. The lowest BCUT2D eigenvalue weighted by molar-refractivity contribution is 0.584. The molecule has 2 nitrogen and oxygen atoms in total. The Bertz CT molecular complexity index is 253. The lowest BCUT2D eigenvalue weighted by Crippen LogP contribution is -2.11. The molecular weight excluding hydrogens is 124 g/mol. The Morgan fingerprint density at radius 2 is 2.10 bits per heavy atom. The summed E-state index contributed by atoms with van der Waals surface area (Å²) in [7, 11) is 0. The third-order valence-corrected chi connectivity index (χ3v) is 1.34. The van der Waals surface area contributed by atoms with Crippen LogP contribution < -0.4 is 0 Å². The first kappa shape index (κ1) is 5.83.